The number of aryl methyl sites for hydroxylation is 1. The summed E-state index contributed by atoms with van der Waals surface area (Å²) in [5, 5.41) is 3.53. The summed E-state index contributed by atoms with van der Waals surface area (Å²) in [6, 6.07) is 18.4. The van der Waals surface area contributed by atoms with Gasteiger partial charge >= 0.3 is 0 Å². The second kappa shape index (κ2) is 6.18. The quantitative estimate of drug-likeness (QED) is 0.782. The molecule has 0 spiro atoms. The lowest BCUT2D eigenvalue weighted by Crippen LogP contribution is -2.13. The van der Waals surface area contributed by atoms with Crippen molar-refractivity contribution in [1.29, 1.82) is 0 Å². The van der Waals surface area contributed by atoms with Gasteiger partial charge in [-0.25, -0.2) is 0 Å². The maximum Gasteiger partial charge on any atom is 0.0940 e. The van der Waals surface area contributed by atoms with Crippen LogP contribution in [-0.4, -0.2) is 9.97 Å². The van der Waals surface area contributed by atoms with Crippen LogP contribution in [0.4, 0.5) is 5.69 Å². The highest BCUT2D eigenvalue weighted by molar-refractivity contribution is 5.47. The van der Waals surface area contributed by atoms with Crippen LogP contribution in [0.1, 0.15) is 22.9 Å². The molecule has 1 unspecified atom stereocenters. The normalized spacial score (nSPS) is 11.9. The zero-order valence-electron chi connectivity index (χ0n) is 11.9. The maximum absolute atomic E-state index is 4.49. The van der Waals surface area contributed by atoms with E-state index in [0.29, 0.717) is 0 Å². The van der Waals surface area contributed by atoms with Gasteiger partial charge < -0.3 is 5.32 Å². The smallest absolute Gasteiger partial charge is 0.0940 e. The van der Waals surface area contributed by atoms with Gasteiger partial charge in [-0.2, -0.15) is 0 Å². The van der Waals surface area contributed by atoms with Crippen molar-refractivity contribution in [3.05, 3.63) is 90.0 Å². The molecule has 0 amide bonds. The molecule has 0 saturated carbocycles. The minimum atomic E-state index is 0.0102. The fourth-order valence-corrected chi connectivity index (χ4v) is 2.32. The van der Waals surface area contributed by atoms with Crippen molar-refractivity contribution in [2.45, 2.75) is 13.0 Å². The Labute approximate surface area is 124 Å². The molecular formula is C18H17N3. The third-order valence-corrected chi connectivity index (χ3v) is 3.30. The molecule has 2 aromatic heterocycles. The second-order valence-electron chi connectivity index (χ2n) is 4.99. The summed E-state index contributed by atoms with van der Waals surface area (Å²) >= 11 is 0. The third-order valence-electron chi connectivity index (χ3n) is 3.30. The Morgan fingerprint density at radius 3 is 2.48 bits per heavy atom. The van der Waals surface area contributed by atoms with Crippen LogP contribution in [0.5, 0.6) is 0 Å². The molecule has 104 valence electrons. The Morgan fingerprint density at radius 2 is 1.76 bits per heavy atom. The Morgan fingerprint density at radius 1 is 0.952 bits per heavy atom. The van der Waals surface area contributed by atoms with Crippen molar-refractivity contribution in [3.8, 4) is 0 Å². The zero-order chi connectivity index (χ0) is 14.5. The minimum Gasteiger partial charge on any atom is -0.372 e. The topological polar surface area (TPSA) is 37.8 Å². The lowest BCUT2D eigenvalue weighted by atomic mass is 10.0. The third kappa shape index (κ3) is 3.26. The van der Waals surface area contributed by atoms with Gasteiger partial charge in [-0.1, -0.05) is 36.4 Å². The highest BCUT2D eigenvalue weighted by Gasteiger charge is 2.14. The molecule has 1 aromatic carbocycles. The lowest BCUT2D eigenvalue weighted by molar-refractivity contribution is 0.885. The number of benzene rings is 1. The fraction of sp³-hybridized carbons (Fsp3) is 0.111. The number of nitrogens with zero attached hydrogens (tertiary/aromatic N) is 2. The molecule has 0 bridgehead atoms. The maximum atomic E-state index is 4.49. The standard InChI is InChI=1S/C18H17N3/c1-14-11-16(13-19-12-14)21-18(15-7-3-2-4-8-15)17-9-5-6-10-20-17/h2-13,18,21H,1H3. The molecule has 3 heteroatoms. The van der Waals surface area contributed by atoms with Crippen LogP contribution in [0.25, 0.3) is 0 Å². The van der Waals surface area contributed by atoms with E-state index in [1.165, 1.54) is 5.56 Å². The van der Waals surface area contributed by atoms with Crippen LogP contribution in [-0.2, 0) is 0 Å². The number of hydrogen-bond acceptors (Lipinski definition) is 3. The number of hydrogen-bond donors (Lipinski definition) is 1. The van der Waals surface area contributed by atoms with E-state index in [-0.39, 0.29) is 6.04 Å². The van der Waals surface area contributed by atoms with Gasteiger partial charge in [-0.15, -0.1) is 0 Å². The summed E-state index contributed by atoms with van der Waals surface area (Å²) in [5.41, 5.74) is 4.30. The second-order valence-corrected chi connectivity index (χ2v) is 4.99. The Bertz CT molecular complexity index is 656. The van der Waals surface area contributed by atoms with Crippen molar-refractivity contribution >= 4 is 5.69 Å². The summed E-state index contributed by atoms with van der Waals surface area (Å²) in [6.45, 7) is 2.04. The molecule has 1 atom stereocenters. The largest absolute Gasteiger partial charge is 0.372 e. The van der Waals surface area contributed by atoms with Gasteiger partial charge in [0.2, 0.25) is 0 Å². The van der Waals surface area contributed by atoms with Crippen LogP contribution in [0.3, 0.4) is 0 Å². The van der Waals surface area contributed by atoms with Crippen molar-refractivity contribution in [1.82, 2.24) is 9.97 Å². The van der Waals surface area contributed by atoms with Crippen molar-refractivity contribution < 1.29 is 0 Å². The molecule has 0 aliphatic rings. The number of pyridine rings is 2. The van der Waals surface area contributed by atoms with E-state index in [0.717, 1.165) is 16.9 Å². The summed E-state index contributed by atoms with van der Waals surface area (Å²) in [6.07, 6.45) is 5.51. The summed E-state index contributed by atoms with van der Waals surface area (Å²) < 4.78 is 0. The number of aromatic nitrogens is 2. The first-order chi connectivity index (χ1) is 10.3. The summed E-state index contributed by atoms with van der Waals surface area (Å²) in [4.78, 5) is 8.73. The lowest BCUT2D eigenvalue weighted by Gasteiger charge is -2.20. The molecule has 3 aromatic rings. The molecule has 21 heavy (non-hydrogen) atoms. The van der Waals surface area contributed by atoms with E-state index in [4.69, 9.17) is 0 Å². The van der Waals surface area contributed by atoms with Gasteiger partial charge in [-0.05, 0) is 36.2 Å². The molecule has 0 radical (unpaired) electrons. The van der Waals surface area contributed by atoms with Crippen LogP contribution >= 0.6 is 0 Å². The summed E-state index contributed by atoms with van der Waals surface area (Å²) in [5.74, 6) is 0. The molecule has 3 nitrogen and oxygen atoms in total. The average Bonchev–Trinajstić information content (AvgIpc) is 2.54. The number of nitrogens with one attached hydrogen (secondary N) is 1. The first-order valence-electron chi connectivity index (χ1n) is 6.97. The van der Waals surface area contributed by atoms with Crippen LogP contribution in [0.2, 0.25) is 0 Å². The van der Waals surface area contributed by atoms with Crippen molar-refractivity contribution in [3.63, 3.8) is 0 Å². The van der Waals surface area contributed by atoms with Gasteiger partial charge in [0.1, 0.15) is 0 Å². The van der Waals surface area contributed by atoms with Gasteiger partial charge in [0.05, 0.1) is 17.4 Å². The monoisotopic (exact) mass is 275 g/mol. The SMILES string of the molecule is Cc1cncc(NC(c2ccccc2)c2ccccn2)c1. The Hall–Kier alpha value is -2.68. The number of anilines is 1. The van der Waals surface area contributed by atoms with Gasteiger partial charge in [-0.3, -0.25) is 9.97 Å². The van der Waals surface area contributed by atoms with E-state index in [1.807, 2.05) is 61.9 Å². The van der Waals surface area contributed by atoms with E-state index in [1.54, 1.807) is 0 Å². The van der Waals surface area contributed by atoms with Crippen LogP contribution in [0.15, 0.2) is 73.2 Å². The van der Waals surface area contributed by atoms with Gasteiger partial charge in [0, 0.05) is 18.6 Å². The molecule has 0 saturated heterocycles. The highest BCUT2D eigenvalue weighted by Crippen LogP contribution is 2.25. The van der Waals surface area contributed by atoms with E-state index in [2.05, 4.69) is 33.5 Å². The minimum absolute atomic E-state index is 0.0102. The predicted molar refractivity (Wildman–Crippen MR) is 85.1 cm³/mol. The van der Waals surface area contributed by atoms with Crippen LogP contribution < -0.4 is 5.32 Å². The molecule has 1 N–H and O–H groups in total. The van der Waals surface area contributed by atoms with Crippen molar-refractivity contribution in [2.24, 2.45) is 0 Å². The molecule has 2 heterocycles. The molecular weight excluding hydrogens is 258 g/mol. The highest BCUT2D eigenvalue weighted by atomic mass is 15.0. The van der Waals surface area contributed by atoms with Gasteiger partial charge in [0.15, 0.2) is 0 Å². The summed E-state index contributed by atoms with van der Waals surface area (Å²) in [7, 11) is 0. The molecule has 0 aliphatic carbocycles. The molecule has 0 fully saturated rings. The molecule has 0 aliphatic heterocycles. The Kier molecular flexibility index (Phi) is 3.92. The van der Waals surface area contributed by atoms with E-state index >= 15 is 0 Å². The number of rotatable bonds is 4. The fourth-order valence-electron chi connectivity index (χ4n) is 2.32. The Balaban J connectivity index is 1.97. The van der Waals surface area contributed by atoms with Crippen molar-refractivity contribution in [2.75, 3.05) is 5.32 Å². The van der Waals surface area contributed by atoms with Gasteiger partial charge in [0.25, 0.3) is 0 Å². The molecule has 3 rings (SSSR count). The van der Waals surface area contributed by atoms with E-state index in [9.17, 15) is 0 Å². The average molecular weight is 275 g/mol. The van der Waals surface area contributed by atoms with Crippen LogP contribution in [0, 0.1) is 6.92 Å². The zero-order valence-corrected chi connectivity index (χ0v) is 11.9. The first kappa shape index (κ1) is 13.3. The first-order valence-corrected chi connectivity index (χ1v) is 6.97. The van der Waals surface area contributed by atoms with E-state index < -0.39 is 0 Å². The predicted octanol–water partition coefficient (Wildman–Crippen LogP) is 3.99.